The number of rotatable bonds is 12. The van der Waals surface area contributed by atoms with E-state index in [1.165, 1.54) is 49.2 Å². The first-order chi connectivity index (χ1) is 22.7. The van der Waals surface area contributed by atoms with E-state index in [9.17, 15) is 27.6 Å². The first kappa shape index (κ1) is 39.7. The number of nitrogens with zero attached hydrogens (tertiary/aromatic N) is 2. The molecule has 0 aliphatic rings. The summed E-state index contributed by atoms with van der Waals surface area (Å²) in [5.74, 6) is -2.11. The zero-order chi connectivity index (χ0) is 35.2. The Hall–Kier alpha value is -5.28. The molecule has 0 saturated heterocycles. The van der Waals surface area contributed by atoms with Gasteiger partial charge in [0.15, 0.2) is 5.75 Å². The molecule has 0 radical (unpaired) electrons. The number of unbranched alkanes of at least 4 members (excludes halogenated alkanes) is 1. The third-order valence-electron chi connectivity index (χ3n) is 5.66. The highest BCUT2D eigenvalue weighted by molar-refractivity contribution is 5.90. The van der Waals surface area contributed by atoms with Gasteiger partial charge in [-0.25, -0.2) is 18.2 Å². The Labute approximate surface area is 269 Å². The molecule has 0 bridgehead atoms. The number of carbonyl (C=O) groups excluding carboxylic acids is 3. The van der Waals surface area contributed by atoms with Crippen LogP contribution in [0.3, 0.4) is 0 Å². The number of amides is 1. The monoisotopic (exact) mass is 660 g/mol. The Kier molecular flexibility index (Phi) is 18.8. The first-order valence-electron chi connectivity index (χ1n) is 14.1. The van der Waals surface area contributed by atoms with E-state index in [0.717, 1.165) is 18.2 Å². The normalized spacial score (nSPS) is 10.0. The van der Waals surface area contributed by atoms with Gasteiger partial charge in [0.1, 0.15) is 47.4 Å². The summed E-state index contributed by atoms with van der Waals surface area (Å²) in [6.07, 6.45) is 6.45. The molecule has 0 fully saturated rings. The van der Waals surface area contributed by atoms with Crippen molar-refractivity contribution in [2.24, 2.45) is 5.73 Å². The Bertz CT molecular complexity index is 1660. The molecule has 4 aromatic rings. The number of carbonyl (C=O) groups is 3. The summed E-state index contributed by atoms with van der Waals surface area (Å²) in [4.78, 5) is 51.7. The van der Waals surface area contributed by atoms with Crippen LogP contribution < -0.4 is 26.7 Å². The fraction of sp³-hybridized carbons (Fsp3) is 0.281. The van der Waals surface area contributed by atoms with Gasteiger partial charge < -0.3 is 35.4 Å². The average Bonchev–Trinajstić information content (AvgIpc) is 3.46. The van der Waals surface area contributed by atoms with Gasteiger partial charge in [-0.3, -0.25) is 19.2 Å². The zero-order valence-corrected chi connectivity index (χ0v) is 26.5. The quantitative estimate of drug-likeness (QED) is 0.100. The van der Waals surface area contributed by atoms with Crippen molar-refractivity contribution in [2.75, 3.05) is 33.6 Å². The summed E-state index contributed by atoms with van der Waals surface area (Å²) < 4.78 is 52.1. The van der Waals surface area contributed by atoms with E-state index in [2.05, 4.69) is 31.1 Å². The minimum Gasteiger partial charge on any atom is -0.486 e. The molecule has 12 nitrogen and oxygen atoms in total. The number of anilines is 1. The third-order valence-corrected chi connectivity index (χ3v) is 5.66. The smallest absolute Gasteiger partial charge is 0.292 e. The van der Waals surface area contributed by atoms with Crippen molar-refractivity contribution in [2.45, 2.75) is 32.4 Å². The van der Waals surface area contributed by atoms with Gasteiger partial charge in [-0.1, -0.05) is 6.08 Å². The number of hydrogen-bond donors (Lipinski definition) is 4. The van der Waals surface area contributed by atoms with Crippen LogP contribution in [0.25, 0.3) is 11.0 Å². The zero-order valence-electron chi connectivity index (χ0n) is 26.5. The predicted molar refractivity (Wildman–Crippen MR) is 172 cm³/mol. The molecule has 0 aliphatic heterocycles. The Balaban J connectivity index is 0.00000110. The molecule has 2 aromatic heterocycles. The number of aldehydes is 1. The molecule has 0 saturated carbocycles. The lowest BCUT2D eigenvalue weighted by Gasteiger charge is -2.08. The van der Waals surface area contributed by atoms with Crippen LogP contribution >= 0.6 is 0 Å². The maximum atomic E-state index is 14.2. The highest BCUT2D eigenvalue weighted by atomic mass is 19.1. The number of aromatic amines is 1. The van der Waals surface area contributed by atoms with Crippen molar-refractivity contribution in [3.63, 3.8) is 0 Å². The summed E-state index contributed by atoms with van der Waals surface area (Å²) in [5.41, 5.74) is 4.79. The van der Waals surface area contributed by atoms with E-state index in [-0.39, 0.29) is 48.0 Å². The van der Waals surface area contributed by atoms with Gasteiger partial charge in [0.25, 0.3) is 12.0 Å². The van der Waals surface area contributed by atoms with Gasteiger partial charge in [-0.15, -0.1) is 0 Å². The van der Waals surface area contributed by atoms with Gasteiger partial charge in [0.05, 0.1) is 19.2 Å². The molecule has 15 heteroatoms. The molecule has 254 valence electrons. The highest BCUT2D eigenvalue weighted by Gasteiger charge is 2.14. The number of pyridine rings is 1. The fourth-order valence-corrected chi connectivity index (χ4v) is 3.75. The van der Waals surface area contributed by atoms with Crippen molar-refractivity contribution in [3.05, 3.63) is 100 Å². The SMILES string of the molecule is CN.CNC.COC=O.O=C/C=C/CCCC(=O)Nc1cccn(Cc2nc3c(OCc4ccc(F)cc4F)cc(F)cc3[nH]2)c1=O. The largest absolute Gasteiger partial charge is 0.486 e. The number of benzene rings is 2. The Morgan fingerprint density at radius 1 is 1.09 bits per heavy atom. The van der Waals surface area contributed by atoms with Crippen LogP contribution in [-0.4, -0.2) is 61.5 Å². The lowest BCUT2D eigenvalue weighted by molar-refractivity contribution is -0.126. The molecule has 5 N–H and O–H groups in total. The summed E-state index contributed by atoms with van der Waals surface area (Å²) in [6.45, 7) is 0.0861. The minimum atomic E-state index is -0.790. The molecule has 2 aromatic carbocycles. The van der Waals surface area contributed by atoms with Crippen LogP contribution in [0.15, 0.2) is 65.6 Å². The second-order valence-electron chi connectivity index (χ2n) is 9.20. The Morgan fingerprint density at radius 3 is 2.43 bits per heavy atom. The van der Waals surface area contributed by atoms with Gasteiger partial charge in [-0.2, -0.15) is 0 Å². The molecular formula is C32H39F3N6O6. The number of methoxy groups -OCH3 is 1. The molecule has 47 heavy (non-hydrogen) atoms. The Morgan fingerprint density at radius 2 is 1.79 bits per heavy atom. The standard InChI is InChI=1S/C27H23F3N4O4.C2H7N.C2H4O2.CH5N/c28-18-9-8-17(20(30)12-18)16-38-23-14-19(29)13-22-26(23)33-24(31-22)15-34-10-5-6-21(27(34)37)32-25(36)7-3-1-2-4-11-35;1-3-2;1-4-2-3;1-2/h2,4-6,8-14H,1,3,7,15-16H2,(H,31,33)(H,32,36);3H,1-2H3;2H,1H3;2H2,1H3/b4-2+;;;. The van der Waals surface area contributed by atoms with Crippen LogP contribution in [0.4, 0.5) is 18.9 Å². The average molecular weight is 661 g/mol. The molecule has 1 amide bonds. The maximum absolute atomic E-state index is 14.2. The van der Waals surface area contributed by atoms with E-state index in [4.69, 9.17) is 9.53 Å². The van der Waals surface area contributed by atoms with E-state index in [0.29, 0.717) is 36.9 Å². The van der Waals surface area contributed by atoms with E-state index >= 15 is 0 Å². The van der Waals surface area contributed by atoms with Crippen molar-refractivity contribution in [1.29, 1.82) is 0 Å². The van der Waals surface area contributed by atoms with Crippen molar-refractivity contribution >= 4 is 35.4 Å². The summed E-state index contributed by atoms with van der Waals surface area (Å²) >= 11 is 0. The minimum absolute atomic E-state index is 0.0125. The van der Waals surface area contributed by atoms with Crippen LogP contribution in [-0.2, 0) is 32.3 Å². The second kappa shape index (κ2) is 22.3. The van der Waals surface area contributed by atoms with Crippen molar-refractivity contribution in [3.8, 4) is 5.75 Å². The molecule has 2 heterocycles. The van der Waals surface area contributed by atoms with Crippen molar-refractivity contribution in [1.82, 2.24) is 19.9 Å². The number of H-pyrrole nitrogens is 1. The molecule has 0 aliphatic carbocycles. The second-order valence-corrected chi connectivity index (χ2v) is 9.20. The topological polar surface area (TPSA) is 170 Å². The number of aromatic nitrogens is 3. The number of hydrogen-bond acceptors (Lipinski definition) is 9. The van der Waals surface area contributed by atoms with Crippen LogP contribution in [0.2, 0.25) is 0 Å². The predicted octanol–water partition coefficient (Wildman–Crippen LogP) is 3.83. The van der Waals surface area contributed by atoms with E-state index in [1.54, 1.807) is 12.1 Å². The lowest BCUT2D eigenvalue weighted by Crippen LogP contribution is -2.26. The molecular weight excluding hydrogens is 621 g/mol. The molecule has 0 atom stereocenters. The summed E-state index contributed by atoms with van der Waals surface area (Å²) in [5, 5.41) is 5.34. The van der Waals surface area contributed by atoms with E-state index in [1.807, 2.05) is 14.1 Å². The number of nitrogens with one attached hydrogen (secondary N) is 3. The van der Waals surface area contributed by atoms with Crippen molar-refractivity contribution < 1.29 is 37.0 Å². The molecule has 0 unspecified atom stereocenters. The number of imidazole rings is 1. The van der Waals surface area contributed by atoms with Gasteiger partial charge in [-0.05, 0) is 70.4 Å². The summed E-state index contributed by atoms with van der Waals surface area (Å²) in [6, 6.07) is 8.45. The number of allylic oxidation sites excluding steroid dienone is 2. The number of fused-ring (bicyclic) bond motifs is 1. The number of nitrogens with two attached hydrogens (primary N) is 1. The fourth-order valence-electron chi connectivity index (χ4n) is 3.75. The van der Waals surface area contributed by atoms with Gasteiger partial charge in [0, 0.05) is 30.3 Å². The molecule has 4 rings (SSSR count). The first-order valence-corrected chi connectivity index (χ1v) is 14.1. The maximum Gasteiger partial charge on any atom is 0.292 e. The van der Waals surface area contributed by atoms with Crippen LogP contribution in [0.1, 0.15) is 30.7 Å². The van der Waals surface area contributed by atoms with Crippen LogP contribution in [0.5, 0.6) is 5.75 Å². The number of ether oxygens (including phenoxy) is 2. The van der Waals surface area contributed by atoms with Gasteiger partial charge >= 0.3 is 0 Å². The summed E-state index contributed by atoms with van der Waals surface area (Å²) in [7, 11) is 6.56. The van der Waals surface area contributed by atoms with Crippen LogP contribution in [0, 0.1) is 17.5 Å². The number of halogens is 3. The lowest BCUT2D eigenvalue weighted by atomic mass is 10.2. The highest BCUT2D eigenvalue weighted by Crippen LogP contribution is 2.27. The van der Waals surface area contributed by atoms with Gasteiger partial charge in [0.2, 0.25) is 5.91 Å². The van der Waals surface area contributed by atoms with E-state index < -0.39 is 23.0 Å². The third kappa shape index (κ3) is 13.7. The molecule has 0 spiro atoms.